The van der Waals surface area contributed by atoms with Gasteiger partial charge in [-0.05, 0) is 37.6 Å². The first-order valence-corrected chi connectivity index (χ1v) is 6.47. The fourth-order valence-corrected chi connectivity index (χ4v) is 2.03. The van der Waals surface area contributed by atoms with Crippen LogP contribution < -0.4 is 0 Å². The van der Waals surface area contributed by atoms with Gasteiger partial charge < -0.3 is 10.0 Å². The van der Waals surface area contributed by atoms with Gasteiger partial charge in [-0.2, -0.15) is 0 Å². The second-order valence-electron chi connectivity index (χ2n) is 4.71. The Morgan fingerprint density at radius 2 is 1.89 bits per heavy atom. The van der Waals surface area contributed by atoms with Crippen molar-refractivity contribution in [2.45, 2.75) is 32.2 Å². The third-order valence-electron chi connectivity index (χ3n) is 3.49. The molecule has 100 valence electrons. The summed E-state index contributed by atoms with van der Waals surface area (Å²) in [7, 11) is 1.96. The Kier molecular flexibility index (Phi) is 5.63. The summed E-state index contributed by atoms with van der Waals surface area (Å²) in [6, 6.07) is 8.10. The first kappa shape index (κ1) is 15.0. The molecule has 1 rings (SSSR count). The van der Waals surface area contributed by atoms with E-state index < -0.39 is 5.97 Å². The number of carbonyl (C=O) groups is 1. The van der Waals surface area contributed by atoms with Crippen molar-refractivity contribution >= 4 is 17.6 Å². The first-order valence-electron chi connectivity index (χ1n) is 6.09. The molecule has 0 aliphatic carbocycles. The lowest BCUT2D eigenvalue weighted by molar-refractivity contribution is -0.137. The van der Waals surface area contributed by atoms with Gasteiger partial charge in [-0.3, -0.25) is 4.79 Å². The zero-order chi connectivity index (χ0) is 13.7. The minimum Gasteiger partial charge on any atom is -0.481 e. The number of hydrogen-bond acceptors (Lipinski definition) is 2. The Labute approximate surface area is 113 Å². The number of nitrogens with zero attached hydrogens (tertiary/aromatic N) is 1. The van der Waals surface area contributed by atoms with Crippen molar-refractivity contribution in [2.75, 3.05) is 13.6 Å². The van der Waals surface area contributed by atoms with Crippen LogP contribution in [-0.4, -0.2) is 35.6 Å². The Bertz CT molecular complexity index is 391. The molecule has 0 aliphatic heterocycles. The third kappa shape index (κ3) is 4.31. The predicted octanol–water partition coefficient (Wildman–Crippen LogP) is 3.24. The summed E-state index contributed by atoms with van der Waals surface area (Å²) >= 11 is 5.87. The molecule has 18 heavy (non-hydrogen) atoms. The summed E-state index contributed by atoms with van der Waals surface area (Å²) in [5.74, 6) is -0.422. The van der Waals surface area contributed by atoms with Crippen molar-refractivity contribution < 1.29 is 9.90 Å². The molecule has 0 amide bonds. The molecule has 0 saturated heterocycles. The van der Waals surface area contributed by atoms with Crippen LogP contribution in [0.4, 0.5) is 0 Å². The summed E-state index contributed by atoms with van der Waals surface area (Å²) < 4.78 is 0. The lowest BCUT2D eigenvalue weighted by Gasteiger charge is -2.29. The highest BCUT2D eigenvalue weighted by Gasteiger charge is 2.18. The third-order valence-corrected chi connectivity index (χ3v) is 3.75. The zero-order valence-electron chi connectivity index (χ0n) is 11.1. The zero-order valence-corrected chi connectivity index (χ0v) is 11.8. The molecule has 1 N–H and O–H groups in total. The van der Waals surface area contributed by atoms with Crippen LogP contribution in [0.1, 0.15) is 31.7 Å². The van der Waals surface area contributed by atoms with E-state index in [1.54, 1.807) is 0 Å². The second kappa shape index (κ2) is 6.76. The van der Waals surface area contributed by atoms with Crippen LogP contribution in [0.2, 0.25) is 5.02 Å². The topological polar surface area (TPSA) is 40.5 Å². The van der Waals surface area contributed by atoms with E-state index in [2.05, 4.69) is 18.7 Å². The summed E-state index contributed by atoms with van der Waals surface area (Å²) in [6.45, 7) is 4.82. The highest BCUT2D eigenvalue weighted by atomic mass is 35.5. The van der Waals surface area contributed by atoms with Crippen LogP contribution in [0.5, 0.6) is 0 Å². The maximum Gasteiger partial charge on any atom is 0.304 e. The first-order chi connectivity index (χ1) is 8.41. The average molecular weight is 270 g/mol. The van der Waals surface area contributed by atoms with E-state index >= 15 is 0 Å². The fraction of sp³-hybridized carbons (Fsp3) is 0.500. The summed E-state index contributed by atoms with van der Waals surface area (Å²) in [4.78, 5) is 12.6. The van der Waals surface area contributed by atoms with Crippen molar-refractivity contribution in [3.63, 3.8) is 0 Å². The molecular weight excluding hydrogens is 250 g/mol. The van der Waals surface area contributed by atoms with Gasteiger partial charge in [-0.1, -0.05) is 30.7 Å². The number of rotatable bonds is 6. The van der Waals surface area contributed by atoms with Crippen molar-refractivity contribution in [1.29, 1.82) is 0 Å². The van der Waals surface area contributed by atoms with Crippen molar-refractivity contribution in [2.24, 2.45) is 0 Å². The Hall–Kier alpha value is -1.06. The number of carboxylic acids is 1. The van der Waals surface area contributed by atoms with E-state index in [1.807, 2.05) is 31.3 Å². The molecule has 0 saturated carbocycles. The van der Waals surface area contributed by atoms with Gasteiger partial charge in [0.1, 0.15) is 0 Å². The number of carboxylic acid groups (broad SMARTS) is 1. The molecule has 2 atom stereocenters. The quantitative estimate of drug-likeness (QED) is 0.862. The SMILES string of the molecule is CC(c1ccc(Cl)cc1)C(C)N(C)CCC(=O)O. The number of aliphatic carboxylic acids is 1. The van der Waals surface area contributed by atoms with Crippen LogP contribution in [0.15, 0.2) is 24.3 Å². The number of benzene rings is 1. The van der Waals surface area contributed by atoms with Crippen LogP contribution in [0.3, 0.4) is 0 Å². The van der Waals surface area contributed by atoms with Crippen LogP contribution in [0, 0.1) is 0 Å². The van der Waals surface area contributed by atoms with E-state index in [4.69, 9.17) is 16.7 Å². The molecule has 3 nitrogen and oxygen atoms in total. The lowest BCUT2D eigenvalue weighted by Crippen LogP contribution is -2.34. The maximum absolute atomic E-state index is 10.6. The largest absolute Gasteiger partial charge is 0.481 e. The molecule has 0 heterocycles. The predicted molar refractivity (Wildman–Crippen MR) is 74.2 cm³/mol. The fourth-order valence-electron chi connectivity index (χ4n) is 1.90. The molecular formula is C14H20ClNO2. The molecule has 4 heteroatoms. The van der Waals surface area contributed by atoms with E-state index in [9.17, 15) is 4.79 Å². The lowest BCUT2D eigenvalue weighted by atomic mass is 9.93. The van der Waals surface area contributed by atoms with E-state index in [0.29, 0.717) is 12.5 Å². The van der Waals surface area contributed by atoms with E-state index in [1.165, 1.54) is 5.56 Å². The van der Waals surface area contributed by atoms with E-state index in [-0.39, 0.29) is 12.5 Å². The van der Waals surface area contributed by atoms with Gasteiger partial charge in [-0.15, -0.1) is 0 Å². The summed E-state index contributed by atoms with van der Waals surface area (Å²) in [6.07, 6.45) is 0.175. The van der Waals surface area contributed by atoms with Crippen molar-refractivity contribution in [3.8, 4) is 0 Å². The molecule has 2 unspecified atom stereocenters. The molecule has 1 aromatic rings. The monoisotopic (exact) mass is 269 g/mol. The molecule has 1 aromatic carbocycles. The van der Waals surface area contributed by atoms with Crippen molar-refractivity contribution in [3.05, 3.63) is 34.9 Å². The van der Waals surface area contributed by atoms with Gasteiger partial charge in [0.05, 0.1) is 6.42 Å². The van der Waals surface area contributed by atoms with Gasteiger partial charge in [0, 0.05) is 17.6 Å². The standard InChI is InChI=1S/C14H20ClNO2/c1-10(12-4-6-13(15)7-5-12)11(2)16(3)9-8-14(17)18/h4-7,10-11H,8-9H2,1-3H3,(H,17,18). The van der Waals surface area contributed by atoms with Gasteiger partial charge in [0.25, 0.3) is 0 Å². The average Bonchev–Trinajstić information content (AvgIpc) is 2.35. The van der Waals surface area contributed by atoms with E-state index in [0.717, 1.165) is 5.02 Å². The minimum absolute atomic E-state index is 0.175. The van der Waals surface area contributed by atoms with Crippen LogP contribution in [0.25, 0.3) is 0 Å². The maximum atomic E-state index is 10.6. The van der Waals surface area contributed by atoms with Gasteiger partial charge >= 0.3 is 5.97 Å². The molecule has 0 spiro atoms. The number of likely N-dealkylation sites (N-methyl/N-ethyl adjacent to an activating group) is 1. The van der Waals surface area contributed by atoms with Crippen LogP contribution >= 0.6 is 11.6 Å². The second-order valence-corrected chi connectivity index (χ2v) is 5.14. The Balaban J connectivity index is 2.62. The molecule has 0 radical (unpaired) electrons. The minimum atomic E-state index is -0.756. The van der Waals surface area contributed by atoms with Gasteiger partial charge in [-0.25, -0.2) is 0 Å². The highest BCUT2D eigenvalue weighted by Crippen LogP contribution is 2.23. The normalized spacial score (nSPS) is 14.5. The number of hydrogen-bond donors (Lipinski definition) is 1. The van der Waals surface area contributed by atoms with Crippen molar-refractivity contribution in [1.82, 2.24) is 4.90 Å². The number of halogens is 1. The summed E-state index contributed by atoms with van der Waals surface area (Å²) in [5, 5.41) is 9.42. The molecule has 0 bridgehead atoms. The van der Waals surface area contributed by atoms with Gasteiger partial charge in [0.2, 0.25) is 0 Å². The smallest absolute Gasteiger partial charge is 0.304 e. The van der Waals surface area contributed by atoms with Gasteiger partial charge in [0.15, 0.2) is 0 Å². The summed E-state index contributed by atoms with van der Waals surface area (Å²) in [5.41, 5.74) is 1.22. The Morgan fingerprint density at radius 1 is 1.33 bits per heavy atom. The molecule has 0 aliphatic rings. The Morgan fingerprint density at radius 3 is 2.39 bits per heavy atom. The molecule has 0 fully saturated rings. The molecule has 0 aromatic heterocycles. The van der Waals surface area contributed by atoms with Crippen LogP contribution in [-0.2, 0) is 4.79 Å². The highest BCUT2D eigenvalue weighted by molar-refractivity contribution is 6.30.